The minimum absolute atomic E-state index is 0.0492. The fourth-order valence-corrected chi connectivity index (χ4v) is 2.67. The van der Waals surface area contributed by atoms with E-state index in [0.717, 1.165) is 11.3 Å². The SMILES string of the molecule is CCOc1ccc(/C(C)=N\NC(=O)c2nnn(-c3nonc3N)c2C(C)C)cc1. The van der Waals surface area contributed by atoms with Crippen molar-refractivity contribution >= 4 is 17.4 Å². The van der Waals surface area contributed by atoms with Crippen LogP contribution in [0.2, 0.25) is 0 Å². The number of amides is 1. The predicted octanol–water partition coefficient (Wildman–Crippen LogP) is 1.91. The van der Waals surface area contributed by atoms with E-state index in [-0.39, 0.29) is 23.2 Å². The molecule has 0 atom stereocenters. The van der Waals surface area contributed by atoms with Crippen molar-refractivity contribution in [3.63, 3.8) is 0 Å². The number of hydrogen-bond donors (Lipinski definition) is 2. The summed E-state index contributed by atoms with van der Waals surface area (Å²) in [7, 11) is 0. The summed E-state index contributed by atoms with van der Waals surface area (Å²) in [5.41, 5.74) is 10.4. The lowest BCUT2D eigenvalue weighted by atomic mass is 10.1. The maximum absolute atomic E-state index is 12.7. The van der Waals surface area contributed by atoms with E-state index < -0.39 is 5.91 Å². The maximum Gasteiger partial charge on any atom is 0.293 e. The van der Waals surface area contributed by atoms with Crippen molar-refractivity contribution in [2.75, 3.05) is 12.3 Å². The number of rotatable bonds is 7. The van der Waals surface area contributed by atoms with Gasteiger partial charge < -0.3 is 10.5 Å². The lowest BCUT2D eigenvalue weighted by Crippen LogP contribution is -2.22. The van der Waals surface area contributed by atoms with Crippen molar-refractivity contribution in [1.82, 2.24) is 30.7 Å². The molecule has 3 rings (SSSR count). The quantitative estimate of drug-likeness (QED) is 0.453. The molecule has 0 spiro atoms. The largest absolute Gasteiger partial charge is 0.494 e. The molecule has 11 heteroatoms. The van der Waals surface area contributed by atoms with Gasteiger partial charge in [-0.3, -0.25) is 4.79 Å². The second-order valence-corrected chi connectivity index (χ2v) is 6.46. The molecule has 29 heavy (non-hydrogen) atoms. The Morgan fingerprint density at radius 2 is 2.03 bits per heavy atom. The molecule has 3 N–H and O–H groups in total. The van der Waals surface area contributed by atoms with Gasteiger partial charge in [0.2, 0.25) is 11.6 Å². The third kappa shape index (κ3) is 4.23. The molecule has 0 aliphatic carbocycles. The number of nitrogens with two attached hydrogens (primary N) is 1. The monoisotopic (exact) mass is 398 g/mol. The lowest BCUT2D eigenvalue weighted by Gasteiger charge is -2.08. The molecule has 2 aromatic heterocycles. The Balaban J connectivity index is 1.81. The van der Waals surface area contributed by atoms with Crippen LogP contribution in [-0.2, 0) is 0 Å². The van der Waals surface area contributed by atoms with Gasteiger partial charge in [0.15, 0.2) is 5.69 Å². The highest BCUT2D eigenvalue weighted by Crippen LogP contribution is 2.22. The molecular formula is C18H22N8O3. The molecule has 3 aromatic rings. The van der Waals surface area contributed by atoms with Crippen LogP contribution >= 0.6 is 0 Å². The smallest absolute Gasteiger partial charge is 0.293 e. The number of aromatic nitrogens is 5. The van der Waals surface area contributed by atoms with Gasteiger partial charge in [-0.25, -0.2) is 10.1 Å². The van der Waals surface area contributed by atoms with Crippen LogP contribution < -0.4 is 15.9 Å². The van der Waals surface area contributed by atoms with E-state index in [1.807, 2.05) is 45.0 Å². The summed E-state index contributed by atoms with van der Waals surface area (Å²) in [6.45, 7) is 8.09. The zero-order chi connectivity index (χ0) is 21.0. The Kier molecular flexibility index (Phi) is 5.86. The van der Waals surface area contributed by atoms with Crippen molar-refractivity contribution in [2.45, 2.75) is 33.6 Å². The van der Waals surface area contributed by atoms with E-state index in [0.29, 0.717) is 18.0 Å². The number of carbonyl (C=O) groups excluding carboxylic acids is 1. The number of benzene rings is 1. The molecule has 2 heterocycles. The summed E-state index contributed by atoms with van der Waals surface area (Å²) in [6.07, 6.45) is 0. The van der Waals surface area contributed by atoms with Crippen molar-refractivity contribution < 1.29 is 14.2 Å². The molecule has 0 unspecified atom stereocenters. The molecule has 0 radical (unpaired) electrons. The molecule has 0 aliphatic rings. The molecule has 11 nitrogen and oxygen atoms in total. The summed E-state index contributed by atoms with van der Waals surface area (Å²) in [4.78, 5) is 12.7. The van der Waals surface area contributed by atoms with Gasteiger partial charge in [-0.1, -0.05) is 19.1 Å². The van der Waals surface area contributed by atoms with Gasteiger partial charge in [0, 0.05) is 0 Å². The van der Waals surface area contributed by atoms with Crippen LogP contribution in [0, 0.1) is 0 Å². The normalized spacial score (nSPS) is 11.7. The van der Waals surface area contributed by atoms with Gasteiger partial charge in [0.1, 0.15) is 5.75 Å². The minimum Gasteiger partial charge on any atom is -0.494 e. The second-order valence-electron chi connectivity index (χ2n) is 6.46. The first kappa shape index (κ1) is 20.0. The summed E-state index contributed by atoms with van der Waals surface area (Å²) in [5.74, 6) is 0.397. The molecule has 0 bridgehead atoms. The van der Waals surface area contributed by atoms with Crippen molar-refractivity contribution in [3.8, 4) is 11.6 Å². The number of hydrogen-bond acceptors (Lipinski definition) is 9. The fraction of sp³-hybridized carbons (Fsp3) is 0.333. The van der Waals surface area contributed by atoms with Gasteiger partial charge in [-0.15, -0.1) is 5.10 Å². The van der Waals surface area contributed by atoms with Gasteiger partial charge >= 0.3 is 0 Å². The number of hydrazone groups is 1. The number of nitrogens with one attached hydrogen (secondary N) is 1. The molecule has 1 amide bonds. The van der Waals surface area contributed by atoms with E-state index in [1.54, 1.807) is 6.92 Å². The predicted molar refractivity (Wildman–Crippen MR) is 105 cm³/mol. The molecule has 0 saturated heterocycles. The van der Waals surface area contributed by atoms with Crippen LogP contribution in [0.5, 0.6) is 5.75 Å². The average molecular weight is 398 g/mol. The van der Waals surface area contributed by atoms with Gasteiger partial charge in [-0.05, 0) is 59.9 Å². The Labute approximate surface area is 166 Å². The van der Waals surface area contributed by atoms with Crippen LogP contribution in [0.15, 0.2) is 34.0 Å². The van der Waals surface area contributed by atoms with E-state index in [4.69, 9.17) is 10.5 Å². The summed E-state index contributed by atoms with van der Waals surface area (Å²) < 4.78 is 11.4. The average Bonchev–Trinajstić information content (AvgIpc) is 3.32. The number of nitrogens with zero attached hydrogens (tertiary/aromatic N) is 6. The van der Waals surface area contributed by atoms with Crippen LogP contribution in [0.1, 0.15) is 55.4 Å². The molecule has 0 aliphatic heterocycles. The number of nitrogen functional groups attached to an aromatic ring is 1. The van der Waals surface area contributed by atoms with Crippen molar-refractivity contribution in [3.05, 3.63) is 41.2 Å². The minimum atomic E-state index is -0.500. The van der Waals surface area contributed by atoms with E-state index in [9.17, 15) is 4.79 Å². The zero-order valence-electron chi connectivity index (χ0n) is 16.6. The van der Waals surface area contributed by atoms with E-state index in [1.165, 1.54) is 4.68 Å². The third-order valence-electron chi connectivity index (χ3n) is 4.07. The van der Waals surface area contributed by atoms with Gasteiger partial charge in [0.25, 0.3) is 5.91 Å². The highest BCUT2D eigenvalue weighted by Gasteiger charge is 2.25. The van der Waals surface area contributed by atoms with Crippen molar-refractivity contribution in [1.29, 1.82) is 0 Å². The molecule has 0 saturated carbocycles. The number of ether oxygens (including phenoxy) is 1. The Bertz CT molecular complexity index is 1020. The van der Waals surface area contributed by atoms with Gasteiger partial charge in [0.05, 0.1) is 18.0 Å². The number of carbonyl (C=O) groups is 1. The first-order valence-corrected chi connectivity index (χ1v) is 9.04. The Morgan fingerprint density at radius 3 is 2.62 bits per heavy atom. The molecule has 1 aromatic carbocycles. The summed E-state index contributed by atoms with van der Waals surface area (Å²) in [5, 5.41) is 19.4. The van der Waals surface area contributed by atoms with Gasteiger partial charge in [-0.2, -0.15) is 9.78 Å². The topological polar surface area (TPSA) is 146 Å². The molecule has 0 fully saturated rings. The van der Waals surface area contributed by atoms with Crippen LogP contribution in [0.4, 0.5) is 5.82 Å². The first-order valence-electron chi connectivity index (χ1n) is 9.04. The zero-order valence-corrected chi connectivity index (χ0v) is 16.6. The lowest BCUT2D eigenvalue weighted by molar-refractivity contribution is 0.0948. The molecular weight excluding hydrogens is 376 g/mol. The van der Waals surface area contributed by atoms with Crippen LogP contribution in [0.25, 0.3) is 5.82 Å². The van der Waals surface area contributed by atoms with Crippen LogP contribution in [0.3, 0.4) is 0 Å². The number of anilines is 1. The third-order valence-corrected chi connectivity index (χ3v) is 4.07. The van der Waals surface area contributed by atoms with Crippen LogP contribution in [-0.4, -0.2) is 43.5 Å². The van der Waals surface area contributed by atoms with E-state index >= 15 is 0 Å². The fourth-order valence-electron chi connectivity index (χ4n) is 2.67. The van der Waals surface area contributed by atoms with E-state index in [2.05, 4.69) is 35.8 Å². The second kappa shape index (κ2) is 8.50. The first-order chi connectivity index (χ1) is 13.9. The Morgan fingerprint density at radius 1 is 1.31 bits per heavy atom. The Hall–Kier alpha value is -3.76. The highest BCUT2D eigenvalue weighted by atomic mass is 16.6. The summed E-state index contributed by atoms with van der Waals surface area (Å²) >= 11 is 0. The maximum atomic E-state index is 12.7. The molecule has 152 valence electrons. The van der Waals surface area contributed by atoms with Crippen molar-refractivity contribution in [2.24, 2.45) is 5.10 Å². The summed E-state index contributed by atoms with van der Waals surface area (Å²) in [6, 6.07) is 7.43. The standard InChI is InChI=1S/C18H22N8O3/c1-5-28-13-8-6-12(7-9-13)11(4)20-22-18(27)14-15(10(2)3)26(25-21-14)17-16(19)23-29-24-17/h6-10H,5H2,1-4H3,(H2,19,23)(H,22,27)/b20-11-. The highest BCUT2D eigenvalue weighted by molar-refractivity contribution is 6.00.